The topological polar surface area (TPSA) is 100 Å². The number of anilines is 2. The molecule has 162 valence electrons. The number of methoxy groups -OCH3 is 1. The smallest absolute Gasteiger partial charge is 0.255 e. The third-order valence-corrected chi connectivity index (χ3v) is 5.06. The Hall–Kier alpha value is -3.59. The number of para-hydroxylation sites is 1. The Morgan fingerprint density at radius 1 is 1.29 bits per heavy atom. The summed E-state index contributed by atoms with van der Waals surface area (Å²) in [6.45, 7) is 1.66. The fourth-order valence-electron chi connectivity index (χ4n) is 3.62. The maximum atomic E-state index is 14.3. The van der Waals surface area contributed by atoms with Crippen LogP contribution in [0.25, 0.3) is 11.3 Å². The van der Waals surface area contributed by atoms with Crippen LogP contribution < -0.4 is 25.4 Å². The number of fused-ring (bicyclic) bond motifs is 1. The Morgan fingerprint density at radius 2 is 2.16 bits per heavy atom. The molecule has 3 aromatic rings. The number of benzene rings is 1. The van der Waals surface area contributed by atoms with Gasteiger partial charge in [0.15, 0.2) is 11.6 Å². The van der Waals surface area contributed by atoms with Crippen molar-refractivity contribution in [3.63, 3.8) is 0 Å². The summed E-state index contributed by atoms with van der Waals surface area (Å²) in [6.07, 6.45) is 3.95. The van der Waals surface area contributed by atoms with Crippen molar-refractivity contribution >= 4 is 17.3 Å². The van der Waals surface area contributed by atoms with Gasteiger partial charge in [-0.15, -0.1) is 0 Å². The molecule has 4 rings (SSSR count). The molecule has 1 amide bonds. The Bertz CT molecular complexity index is 1100. The molecule has 0 aliphatic carbocycles. The fraction of sp³-hybridized carbons (Fsp3) is 0.273. The first-order valence-corrected chi connectivity index (χ1v) is 9.98. The summed E-state index contributed by atoms with van der Waals surface area (Å²) < 4.78 is 25.4. The largest absolute Gasteiger partial charge is 0.492 e. The van der Waals surface area contributed by atoms with Gasteiger partial charge >= 0.3 is 0 Å². The minimum absolute atomic E-state index is 0.0693. The number of likely N-dealkylation sites (N-methyl/N-ethyl adjacent to an activating group) is 1. The van der Waals surface area contributed by atoms with Crippen molar-refractivity contribution in [2.45, 2.75) is 6.42 Å². The number of nitrogens with one attached hydrogen (secondary N) is 4. The van der Waals surface area contributed by atoms with Gasteiger partial charge in [-0.3, -0.25) is 9.78 Å². The van der Waals surface area contributed by atoms with Crippen LogP contribution in [-0.4, -0.2) is 49.7 Å². The first kappa shape index (κ1) is 20.7. The molecule has 31 heavy (non-hydrogen) atoms. The second-order valence-electron chi connectivity index (χ2n) is 7.00. The molecule has 0 radical (unpaired) electrons. The van der Waals surface area contributed by atoms with E-state index >= 15 is 0 Å². The summed E-state index contributed by atoms with van der Waals surface area (Å²) in [5.41, 5.74) is 3.64. The van der Waals surface area contributed by atoms with E-state index in [4.69, 9.17) is 9.47 Å². The van der Waals surface area contributed by atoms with Gasteiger partial charge in [0.05, 0.1) is 35.9 Å². The molecule has 1 aliphatic rings. The number of pyridine rings is 1. The number of hydrogen-bond donors (Lipinski definition) is 4. The quantitative estimate of drug-likeness (QED) is 0.414. The van der Waals surface area contributed by atoms with Crippen LogP contribution in [0.4, 0.5) is 15.8 Å². The van der Waals surface area contributed by atoms with Crippen molar-refractivity contribution in [2.75, 3.05) is 39.2 Å². The predicted octanol–water partition coefficient (Wildman–Crippen LogP) is 2.85. The minimum atomic E-state index is -0.497. The number of ether oxygens (including phenoxy) is 2. The summed E-state index contributed by atoms with van der Waals surface area (Å²) in [5.74, 6) is -0.0536. The molecule has 0 bridgehead atoms. The number of rotatable bonds is 8. The van der Waals surface area contributed by atoms with Gasteiger partial charge in [0.2, 0.25) is 0 Å². The lowest BCUT2D eigenvalue weighted by molar-refractivity contribution is 0.0947. The number of amides is 1. The molecule has 0 atom stereocenters. The van der Waals surface area contributed by atoms with E-state index in [9.17, 15) is 9.18 Å². The Balaban J connectivity index is 1.84. The van der Waals surface area contributed by atoms with E-state index in [0.29, 0.717) is 54.5 Å². The molecule has 0 fully saturated rings. The molecule has 1 aliphatic heterocycles. The molecule has 1 aromatic carbocycles. The second-order valence-corrected chi connectivity index (χ2v) is 7.00. The van der Waals surface area contributed by atoms with Crippen LogP contribution in [0.3, 0.4) is 0 Å². The van der Waals surface area contributed by atoms with E-state index < -0.39 is 5.82 Å². The van der Waals surface area contributed by atoms with E-state index in [1.54, 1.807) is 24.5 Å². The number of carbonyl (C=O) groups is 1. The number of aromatic nitrogens is 2. The van der Waals surface area contributed by atoms with Crippen molar-refractivity contribution in [1.82, 2.24) is 20.6 Å². The van der Waals surface area contributed by atoms with Gasteiger partial charge in [-0.05, 0) is 25.2 Å². The SMILES string of the molecule is CNCCOc1cnccc1-c1[nH]c2c(c1Nc1cccc(F)c1OC)C(=O)NCC2. The molecule has 0 unspecified atom stereocenters. The predicted molar refractivity (Wildman–Crippen MR) is 116 cm³/mol. The first-order chi connectivity index (χ1) is 15.1. The van der Waals surface area contributed by atoms with E-state index in [1.807, 2.05) is 13.1 Å². The lowest BCUT2D eigenvalue weighted by atomic mass is 10.0. The average molecular weight is 425 g/mol. The fourth-order valence-corrected chi connectivity index (χ4v) is 3.62. The maximum Gasteiger partial charge on any atom is 0.255 e. The van der Waals surface area contributed by atoms with Crippen LogP contribution in [-0.2, 0) is 6.42 Å². The lowest BCUT2D eigenvalue weighted by Crippen LogP contribution is -2.31. The van der Waals surface area contributed by atoms with Crippen LogP contribution in [0.1, 0.15) is 16.1 Å². The van der Waals surface area contributed by atoms with Crippen molar-refractivity contribution in [3.05, 3.63) is 53.7 Å². The van der Waals surface area contributed by atoms with Gasteiger partial charge in [0.25, 0.3) is 5.91 Å². The van der Waals surface area contributed by atoms with E-state index in [1.165, 1.54) is 13.2 Å². The van der Waals surface area contributed by atoms with E-state index in [0.717, 1.165) is 11.3 Å². The molecular formula is C22H24FN5O3. The van der Waals surface area contributed by atoms with Gasteiger partial charge in [-0.2, -0.15) is 0 Å². The number of halogens is 1. The highest BCUT2D eigenvalue weighted by Crippen LogP contribution is 2.41. The Morgan fingerprint density at radius 3 is 2.97 bits per heavy atom. The Kier molecular flexibility index (Phi) is 6.03. The third kappa shape index (κ3) is 4.04. The van der Waals surface area contributed by atoms with Crippen molar-refractivity contribution < 1.29 is 18.7 Å². The summed E-state index contributed by atoms with van der Waals surface area (Å²) in [6, 6.07) is 6.42. The van der Waals surface area contributed by atoms with E-state index in [-0.39, 0.29) is 11.7 Å². The lowest BCUT2D eigenvalue weighted by Gasteiger charge is -2.17. The van der Waals surface area contributed by atoms with Crippen molar-refractivity contribution in [3.8, 4) is 22.8 Å². The molecular weight excluding hydrogens is 401 g/mol. The minimum Gasteiger partial charge on any atom is -0.492 e. The number of nitrogens with zero attached hydrogens (tertiary/aromatic N) is 1. The zero-order chi connectivity index (χ0) is 21.8. The summed E-state index contributed by atoms with van der Waals surface area (Å²) >= 11 is 0. The van der Waals surface area contributed by atoms with Crippen molar-refractivity contribution in [1.29, 1.82) is 0 Å². The summed E-state index contributed by atoms with van der Waals surface area (Å²) in [5, 5.41) is 9.13. The van der Waals surface area contributed by atoms with Crippen molar-refractivity contribution in [2.24, 2.45) is 0 Å². The highest BCUT2D eigenvalue weighted by molar-refractivity contribution is 6.06. The molecule has 0 saturated carbocycles. The molecule has 9 heteroatoms. The second kappa shape index (κ2) is 9.05. The molecule has 2 aromatic heterocycles. The zero-order valence-electron chi connectivity index (χ0n) is 17.3. The number of hydrogen-bond acceptors (Lipinski definition) is 6. The molecule has 0 spiro atoms. The monoisotopic (exact) mass is 425 g/mol. The molecule has 4 N–H and O–H groups in total. The van der Waals surface area contributed by atoms with Gasteiger partial charge in [-0.25, -0.2) is 4.39 Å². The molecule has 0 saturated heterocycles. The van der Waals surface area contributed by atoms with Crippen LogP contribution in [0.15, 0.2) is 36.7 Å². The van der Waals surface area contributed by atoms with E-state index in [2.05, 4.69) is 25.9 Å². The van der Waals surface area contributed by atoms with Gasteiger partial charge < -0.3 is 30.4 Å². The zero-order valence-corrected chi connectivity index (χ0v) is 17.3. The summed E-state index contributed by atoms with van der Waals surface area (Å²) in [4.78, 5) is 20.3. The van der Waals surface area contributed by atoms with Gasteiger partial charge in [-0.1, -0.05) is 6.07 Å². The van der Waals surface area contributed by atoms with Crippen LogP contribution in [0.5, 0.6) is 11.5 Å². The van der Waals surface area contributed by atoms with Gasteiger partial charge in [0.1, 0.15) is 12.4 Å². The summed E-state index contributed by atoms with van der Waals surface area (Å²) in [7, 11) is 3.25. The first-order valence-electron chi connectivity index (χ1n) is 9.98. The molecule has 3 heterocycles. The third-order valence-electron chi connectivity index (χ3n) is 5.06. The maximum absolute atomic E-state index is 14.3. The average Bonchev–Trinajstić information content (AvgIpc) is 3.14. The highest BCUT2D eigenvalue weighted by atomic mass is 19.1. The van der Waals surface area contributed by atoms with Crippen LogP contribution in [0, 0.1) is 5.82 Å². The standard InChI is InChI=1S/C22H24FN5O3/c1-24-10-11-31-17-12-25-8-6-13(17)19-20(18-15(27-19)7-9-26-22(18)29)28-16-5-3-4-14(23)21(16)30-2/h3-6,8,12,24,27-28H,7,9-11H2,1-2H3,(H,26,29). The number of H-pyrrole nitrogens is 1. The Labute approximate surface area is 179 Å². The van der Waals surface area contributed by atoms with Gasteiger partial charge in [0, 0.05) is 37.0 Å². The highest BCUT2D eigenvalue weighted by Gasteiger charge is 2.28. The number of carbonyl (C=O) groups excluding carboxylic acids is 1. The van der Waals surface area contributed by atoms with Crippen LogP contribution in [0.2, 0.25) is 0 Å². The van der Waals surface area contributed by atoms with Crippen LogP contribution >= 0.6 is 0 Å². The normalized spacial score (nSPS) is 12.8. The molecule has 8 nitrogen and oxygen atoms in total. The number of aromatic amines is 1.